The number of nitrogens with zero attached hydrogens (tertiary/aromatic N) is 1. The highest BCUT2D eigenvalue weighted by Gasteiger charge is 2.13. The number of carbonyl (C=O) groups excluding carboxylic acids is 1. The summed E-state index contributed by atoms with van der Waals surface area (Å²) in [6.45, 7) is 2.15. The molecule has 134 valence electrons. The van der Waals surface area contributed by atoms with Crippen molar-refractivity contribution in [3.8, 4) is 10.6 Å². The molecule has 0 atom stereocenters. The van der Waals surface area contributed by atoms with E-state index in [0.29, 0.717) is 19.0 Å². The third-order valence-electron chi connectivity index (χ3n) is 3.80. The van der Waals surface area contributed by atoms with Crippen LogP contribution in [0.2, 0.25) is 0 Å². The van der Waals surface area contributed by atoms with Crippen LogP contribution in [0.1, 0.15) is 20.9 Å². The van der Waals surface area contributed by atoms with Crippen LogP contribution >= 0.6 is 11.3 Å². The first-order chi connectivity index (χ1) is 12.4. The molecule has 0 spiro atoms. The molecule has 0 unspecified atom stereocenters. The predicted molar refractivity (Wildman–Crippen MR) is 94.6 cm³/mol. The molecular formula is C19H15F3N2OS. The second-order valence-electron chi connectivity index (χ2n) is 5.66. The van der Waals surface area contributed by atoms with Gasteiger partial charge in [0, 0.05) is 29.5 Å². The Bertz CT molecular complexity index is 938. The number of hydrogen-bond donors (Lipinski definition) is 1. The molecule has 0 radical (unpaired) electrons. The third kappa shape index (κ3) is 4.11. The average Bonchev–Trinajstić information content (AvgIpc) is 2.96. The fourth-order valence-electron chi connectivity index (χ4n) is 2.43. The van der Waals surface area contributed by atoms with Crippen LogP contribution in [0.4, 0.5) is 13.2 Å². The molecule has 0 saturated heterocycles. The minimum Gasteiger partial charge on any atom is -0.352 e. The summed E-state index contributed by atoms with van der Waals surface area (Å²) < 4.78 is 39.5. The topological polar surface area (TPSA) is 42.0 Å². The van der Waals surface area contributed by atoms with Crippen molar-refractivity contribution in [3.05, 3.63) is 76.1 Å². The predicted octanol–water partition coefficient (Wildman–Crippen LogP) is 4.51. The number of rotatable bonds is 5. The van der Waals surface area contributed by atoms with Gasteiger partial charge in [-0.2, -0.15) is 0 Å². The molecule has 3 rings (SSSR count). The van der Waals surface area contributed by atoms with Crippen LogP contribution in [-0.4, -0.2) is 17.4 Å². The summed E-state index contributed by atoms with van der Waals surface area (Å²) >= 11 is 1.46. The molecule has 1 heterocycles. The molecule has 3 nitrogen and oxygen atoms in total. The molecule has 0 fully saturated rings. The SMILES string of the molecule is Cc1nc(-c2ccc(F)cc2)sc1CCNC(=O)c1ccc(F)cc1F. The van der Waals surface area contributed by atoms with Crippen LogP contribution in [0.25, 0.3) is 10.6 Å². The second kappa shape index (κ2) is 7.70. The highest BCUT2D eigenvalue weighted by Crippen LogP contribution is 2.28. The molecule has 0 aliphatic rings. The van der Waals surface area contributed by atoms with Crippen LogP contribution in [0.3, 0.4) is 0 Å². The maximum atomic E-state index is 13.6. The number of benzene rings is 2. The Balaban J connectivity index is 1.63. The molecule has 2 aromatic carbocycles. The Morgan fingerprint density at radius 2 is 1.77 bits per heavy atom. The Hall–Kier alpha value is -2.67. The molecular weight excluding hydrogens is 361 g/mol. The van der Waals surface area contributed by atoms with Gasteiger partial charge in [-0.1, -0.05) is 0 Å². The van der Waals surface area contributed by atoms with E-state index >= 15 is 0 Å². The van der Waals surface area contributed by atoms with E-state index in [1.54, 1.807) is 12.1 Å². The van der Waals surface area contributed by atoms with Crippen LogP contribution in [-0.2, 0) is 6.42 Å². The Labute approximate surface area is 152 Å². The lowest BCUT2D eigenvalue weighted by molar-refractivity contribution is 0.0950. The van der Waals surface area contributed by atoms with Crippen molar-refractivity contribution in [2.24, 2.45) is 0 Å². The zero-order valence-electron chi connectivity index (χ0n) is 13.9. The molecule has 0 aliphatic carbocycles. The summed E-state index contributed by atoms with van der Waals surface area (Å²) in [6.07, 6.45) is 0.527. The maximum absolute atomic E-state index is 13.6. The van der Waals surface area contributed by atoms with E-state index in [9.17, 15) is 18.0 Å². The Kier molecular flexibility index (Phi) is 5.37. The molecule has 7 heteroatoms. The lowest BCUT2D eigenvalue weighted by atomic mass is 10.2. The molecule has 0 saturated carbocycles. The van der Waals surface area contributed by atoms with Crippen LogP contribution in [0.15, 0.2) is 42.5 Å². The van der Waals surface area contributed by atoms with Gasteiger partial charge in [0.2, 0.25) is 0 Å². The highest BCUT2D eigenvalue weighted by atomic mass is 32.1. The average molecular weight is 376 g/mol. The number of halogens is 3. The minimum absolute atomic E-state index is 0.195. The van der Waals surface area contributed by atoms with E-state index in [1.165, 1.54) is 23.5 Å². The van der Waals surface area contributed by atoms with Gasteiger partial charge in [-0.3, -0.25) is 4.79 Å². The lowest BCUT2D eigenvalue weighted by Crippen LogP contribution is -2.26. The van der Waals surface area contributed by atoms with Gasteiger partial charge in [-0.25, -0.2) is 18.2 Å². The van der Waals surface area contributed by atoms with E-state index in [0.717, 1.165) is 33.3 Å². The number of amides is 1. The first-order valence-electron chi connectivity index (χ1n) is 7.89. The lowest BCUT2D eigenvalue weighted by Gasteiger charge is -2.05. The van der Waals surface area contributed by atoms with Crippen molar-refractivity contribution in [1.82, 2.24) is 10.3 Å². The van der Waals surface area contributed by atoms with Gasteiger partial charge >= 0.3 is 0 Å². The van der Waals surface area contributed by atoms with Crippen LogP contribution in [0, 0.1) is 24.4 Å². The van der Waals surface area contributed by atoms with Gasteiger partial charge in [-0.15, -0.1) is 11.3 Å². The van der Waals surface area contributed by atoms with Gasteiger partial charge < -0.3 is 5.32 Å². The molecule has 26 heavy (non-hydrogen) atoms. The van der Waals surface area contributed by atoms with E-state index in [1.807, 2.05) is 6.92 Å². The Morgan fingerprint density at radius 1 is 1.08 bits per heavy atom. The normalized spacial score (nSPS) is 10.8. The monoisotopic (exact) mass is 376 g/mol. The quantitative estimate of drug-likeness (QED) is 0.712. The largest absolute Gasteiger partial charge is 0.352 e. The van der Waals surface area contributed by atoms with Crippen molar-refractivity contribution in [2.45, 2.75) is 13.3 Å². The highest BCUT2D eigenvalue weighted by molar-refractivity contribution is 7.15. The molecule has 0 bridgehead atoms. The van der Waals surface area contributed by atoms with Crippen LogP contribution in [0.5, 0.6) is 0 Å². The maximum Gasteiger partial charge on any atom is 0.254 e. The number of thiazole rings is 1. The fraction of sp³-hybridized carbons (Fsp3) is 0.158. The molecule has 1 aromatic heterocycles. The number of nitrogens with one attached hydrogen (secondary N) is 1. The third-order valence-corrected chi connectivity index (χ3v) is 5.06. The van der Waals surface area contributed by atoms with E-state index in [4.69, 9.17) is 0 Å². The van der Waals surface area contributed by atoms with Crippen molar-refractivity contribution in [2.75, 3.05) is 6.54 Å². The van der Waals surface area contributed by atoms with Crippen molar-refractivity contribution in [1.29, 1.82) is 0 Å². The summed E-state index contributed by atoms with van der Waals surface area (Å²) in [7, 11) is 0. The number of aromatic nitrogens is 1. The standard InChI is InChI=1S/C19H15F3N2OS/c1-11-17(26-19(24-11)12-2-4-13(20)5-3-12)8-9-23-18(25)15-7-6-14(21)10-16(15)22/h2-7,10H,8-9H2,1H3,(H,23,25). The first-order valence-corrected chi connectivity index (χ1v) is 8.71. The smallest absolute Gasteiger partial charge is 0.254 e. The second-order valence-corrected chi connectivity index (χ2v) is 6.75. The zero-order chi connectivity index (χ0) is 18.7. The summed E-state index contributed by atoms with van der Waals surface area (Å²) in [5.41, 5.74) is 1.46. The van der Waals surface area contributed by atoms with Gasteiger partial charge in [-0.05, 0) is 43.3 Å². The summed E-state index contributed by atoms with van der Waals surface area (Å²) in [4.78, 5) is 17.4. The Morgan fingerprint density at radius 3 is 2.46 bits per heavy atom. The van der Waals surface area contributed by atoms with Gasteiger partial charge in [0.25, 0.3) is 5.91 Å². The van der Waals surface area contributed by atoms with Crippen molar-refractivity contribution < 1.29 is 18.0 Å². The number of carbonyl (C=O) groups is 1. The van der Waals surface area contributed by atoms with E-state index in [2.05, 4.69) is 10.3 Å². The first kappa shape index (κ1) is 18.1. The molecule has 3 aromatic rings. The van der Waals surface area contributed by atoms with Crippen molar-refractivity contribution in [3.63, 3.8) is 0 Å². The summed E-state index contributed by atoms with van der Waals surface area (Å²) in [6, 6.07) is 8.92. The zero-order valence-corrected chi connectivity index (χ0v) is 14.7. The van der Waals surface area contributed by atoms with Crippen molar-refractivity contribution >= 4 is 17.2 Å². The molecule has 1 amide bonds. The minimum atomic E-state index is -0.893. The fourth-order valence-corrected chi connectivity index (χ4v) is 3.50. The van der Waals surface area contributed by atoms with Crippen LogP contribution < -0.4 is 5.32 Å². The van der Waals surface area contributed by atoms with Gasteiger partial charge in [0.1, 0.15) is 22.5 Å². The summed E-state index contributed by atoms with van der Waals surface area (Å²) in [5, 5.41) is 3.39. The van der Waals surface area contributed by atoms with Gasteiger partial charge in [0.05, 0.1) is 11.3 Å². The number of aryl methyl sites for hydroxylation is 1. The van der Waals surface area contributed by atoms with E-state index in [-0.39, 0.29) is 11.4 Å². The summed E-state index contributed by atoms with van der Waals surface area (Å²) in [5.74, 6) is -2.52. The number of hydrogen-bond acceptors (Lipinski definition) is 3. The molecule has 1 N–H and O–H groups in total. The molecule has 0 aliphatic heterocycles. The van der Waals surface area contributed by atoms with Gasteiger partial charge in [0.15, 0.2) is 0 Å². The van der Waals surface area contributed by atoms with E-state index < -0.39 is 17.5 Å².